The second-order valence-corrected chi connectivity index (χ2v) is 8.06. The molecule has 0 bridgehead atoms. The van der Waals surface area contributed by atoms with E-state index in [1.54, 1.807) is 24.3 Å². The van der Waals surface area contributed by atoms with Crippen LogP contribution in [-0.2, 0) is 11.3 Å². The molecule has 0 unspecified atom stereocenters. The van der Waals surface area contributed by atoms with E-state index in [1.165, 1.54) is 5.57 Å². The molecule has 1 fully saturated rings. The van der Waals surface area contributed by atoms with Crippen LogP contribution in [0.25, 0.3) is 0 Å². The van der Waals surface area contributed by atoms with E-state index in [9.17, 15) is 9.90 Å². The van der Waals surface area contributed by atoms with E-state index in [4.69, 9.17) is 14.2 Å². The van der Waals surface area contributed by atoms with E-state index in [2.05, 4.69) is 4.90 Å². The molecule has 6 heteroatoms. The predicted octanol–water partition coefficient (Wildman–Crippen LogP) is 2.61. The van der Waals surface area contributed by atoms with Crippen molar-refractivity contribution in [2.24, 2.45) is 0 Å². The zero-order valence-electron chi connectivity index (χ0n) is 15.8. The predicted molar refractivity (Wildman–Crippen MR) is 104 cm³/mol. The van der Waals surface area contributed by atoms with Gasteiger partial charge in [0.2, 0.25) is 6.79 Å². The van der Waals surface area contributed by atoms with Gasteiger partial charge in [0.25, 0.3) is 0 Å². The zero-order chi connectivity index (χ0) is 19.5. The minimum atomic E-state index is -0.838. The van der Waals surface area contributed by atoms with Crippen molar-refractivity contribution in [1.29, 1.82) is 0 Å². The normalized spacial score (nSPS) is 29.1. The molecule has 2 aromatic carbocycles. The summed E-state index contributed by atoms with van der Waals surface area (Å²) in [6.45, 7) is 1.98. The Bertz CT molecular complexity index is 1020. The Labute approximate surface area is 168 Å². The third kappa shape index (κ3) is 2.59. The number of rotatable bonds is 2. The van der Waals surface area contributed by atoms with Crippen LogP contribution in [0.15, 0.2) is 54.1 Å². The van der Waals surface area contributed by atoms with Gasteiger partial charge in [0.15, 0.2) is 11.5 Å². The van der Waals surface area contributed by atoms with Crippen molar-refractivity contribution in [3.8, 4) is 11.5 Å². The summed E-state index contributed by atoms with van der Waals surface area (Å²) >= 11 is 0. The van der Waals surface area contributed by atoms with Gasteiger partial charge in [-0.3, -0.25) is 4.90 Å². The van der Waals surface area contributed by atoms with Gasteiger partial charge in [-0.2, -0.15) is 0 Å². The van der Waals surface area contributed by atoms with Crippen molar-refractivity contribution in [2.75, 3.05) is 13.3 Å². The molecule has 3 aliphatic heterocycles. The molecule has 0 aromatic heterocycles. The first-order valence-corrected chi connectivity index (χ1v) is 10.0. The maximum atomic E-state index is 12.8. The highest BCUT2D eigenvalue weighted by molar-refractivity contribution is 5.89. The van der Waals surface area contributed by atoms with Crippen LogP contribution in [0.4, 0.5) is 0 Å². The number of carbonyl (C=O) groups is 1. The number of ether oxygens (including phenoxy) is 3. The van der Waals surface area contributed by atoms with Crippen LogP contribution < -0.4 is 9.47 Å². The van der Waals surface area contributed by atoms with Crippen molar-refractivity contribution in [3.63, 3.8) is 0 Å². The first-order valence-electron chi connectivity index (χ1n) is 10.0. The minimum Gasteiger partial charge on any atom is -0.455 e. The zero-order valence-corrected chi connectivity index (χ0v) is 15.8. The first-order chi connectivity index (χ1) is 14.2. The Hall–Kier alpha value is -2.83. The van der Waals surface area contributed by atoms with Gasteiger partial charge in [0.05, 0.1) is 5.56 Å². The van der Waals surface area contributed by atoms with Gasteiger partial charge in [-0.15, -0.1) is 0 Å². The van der Waals surface area contributed by atoms with Gasteiger partial charge < -0.3 is 19.3 Å². The van der Waals surface area contributed by atoms with Gasteiger partial charge in [-0.25, -0.2) is 4.79 Å². The Morgan fingerprint density at radius 1 is 1.14 bits per heavy atom. The van der Waals surface area contributed by atoms with Gasteiger partial charge in [-0.05, 0) is 41.8 Å². The number of hydrogen-bond acceptors (Lipinski definition) is 6. The molecular formula is C23H21NO5. The number of fused-ring (bicyclic) bond motifs is 3. The summed E-state index contributed by atoms with van der Waals surface area (Å²) in [5.74, 6) is 0.919. The largest absolute Gasteiger partial charge is 0.455 e. The Morgan fingerprint density at radius 3 is 2.76 bits per heavy atom. The van der Waals surface area contributed by atoms with Crippen LogP contribution in [0.3, 0.4) is 0 Å². The van der Waals surface area contributed by atoms with E-state index >= 15 is 0 Å². The van der Waals surface area contributed by atoms with Crippen molar-refractivity contribution < 1.29 is 24.1 Å². The van der Waals surface area contributed by atoms with Crippen LogP contribution >= 0.6 is 0 Å². The van der Waals surface area contributed by atoms with Crippen molar-refractivity contribution in [2.45, 2.75) is 37.1 Å². The summed E-state index contributed by atoms with van der Waals surface area (Å²) in [6, 6.07) is 13.1. The van der Waals surface area contributed by atoms with Gasteiger partial charge in [-0.1, -0.05) is 29.8 Å². The second kappa shape index (κ2) is 6.34. The first kappa shape index (κ1) is 17.1. The van der Waals surface area contributed by atoms with Crippen molar-refractivity contribution in [3.05, 3.63) is 70.8 Å². The molecule has 0 saturated carbocycles. The van der Waals surface area contributed by atoms with Crippen molar-refractivity contribution in [1.82, 2.24) is 4.90 Å². The molecule has 2 aromatic rings. The summed E-state index contributed by atoms with van der Waals surface area (Å²) in [6.07, 6.45) is 1.33. The second-order valence-electron chi connectivity index (χ2n) is 8.06. The van der Waals surface area contributed by atoms with E-state index in [0.29, 0.717) is 11.3 Å². The number of benzene rings is 2. The lowest BCUT2D eigenvalue weighted by Crippen LogP contribution is -2.51. The van der Waals surface area contributed by atoms with Crippen LogP contribution in [0.1, 0.15) is 33.8 Å². The molecule has 29 heavy (non-hydrogen) atoms. The fourth-order valence-electron chi connectivity index (χ4n) is 5.24. The van der Waals surface area contributed by atoms with E-state index < -0.39 is 18.2 Å². The smallest absolute Gasteiger partial charge is 0.338 e. The maximum absolute atomic E-state index is 12.8. The number of aliphatic hydroxyl groups excluding tert-OH is 1. The molecule has 148 valence electrons. The molecule has 3 heterocycles. The van der Waals surface area contributed by atoms with Gasteiger partial charge in [0.1, 0.15) is 12.2 Å². The molecule has 4 aliphatic rings. The Kier molecular flexibility index (Phi) is 3.73. The van der Waals surface area contributed by atoms with E-state index in [-0.39, 0.29) is 18.8 Å². The maximum Gasteiger partial charge on any atom is 0.338 e. The lowest BCUT2D eigenvalue weighted by atomic mass is 9.73. The van der Waals surface area contributed by atoms with Gasteiger partial charge in [0, 0.05) is 25.0 Å². The number of aliphatic hydroxyl groups is 1. The average Bonchev–Trinajstić information content (AvgIpc) is 3.36. The molecule has 0 radical (unpaired) electrons. The minimum absolute atomic E-state index is 0.139. The third-order valence-electron chi connectivity index (χ3n) is 6.50. The molecule has 1 saturated heterocycles. The van der Waals surface area contributed by atoms with Crippen LogP contribution in [0, 0.1) is 0 Å². The van der Waals surface area contributed by atoms with E-state index in [0.717, 1.165) is 36.4 Å². The molecule has 6 rings (SSSR count). The topological polar surface area (TPSA) is 68.2 Å². The fourth-order valence-corrected chi connectivity index (χ4v) is 5.24. The summed E-state index contributed by atoms with van der Waals surface area (Å²) in [5.41, 5.74) is 3.94. The standard InChI is InChI=1S/C23H21NO5/c25-17-8-14-6-7-24-11-15-9-18-19(28-12-27-18)10-16(15)20(21(14)24)22(17)29-23(26)13-4-2-1-3-5-13/h1-5,8-10,17,20-22,25H,6-7,11-12H2/t17-,20-,21+,22+/m0/s1. The monoisotopic (exact) mass is 391 g/mol. The third-order valence-corrected chi connectivity index (χ3v) is 6.50. The summed E-state index contributed by atoms with van der Waals surface area (Å²) in [4.78, 5) is 15.2. The molecular weight excluding hydrogens is 370 g/mol. The van der Waals surface area contributed by atoms with Gasteiger partial charge >= 0.3 is 5.97 Å². The average molecular weight is 391 g/mol. The number of carbonyl (C=O) groups excluding carboxylic acids is 1. The van der Waals surface area contributed by atoms with Crippen LogP contribution in [0.2, 0.25) is 0 Å². The quantitative estimate of drug-likeness (QED) is 0.627. The molecule has 4 atom stereocenters. The van der Waals surface area contributed by atoms with Crippen LogP contribution in [0.5, 0.6) is 11.5 Å². The molecule has 1 aliphatic carbocycles. The summed E-state index contributed by atoms with van der Waals surface area (Å²) in [7, 11) is 0. The number of nitrogens with zero attached hydrogens (tertiary/aromatic N) is 1. The molecule has 6 nitrogen and oxygen atoms in total. The lowest BCUT2D eigenvalue weighted by Gasteiger charge is -2.45. The summed E-state index contributed by atoms with van der Waals surface area (Å²) in [5, 5.41) is 10.9. The molecule has 0 spiro atoms. The number of esters is 1. The fraction of sp³-hybridized carbons (Fsp3) is 0.348. The highest BCUT2D eigenvalue weighted by atomic mass is 16.7. The molecule has 1 N–H and O–H groups in total. The number of hydrogen-bond donors (Lipinski definition) is 1. The summed E-state index contributed by atoms with van der Waals surface area (Å²) < 4.78 is 17.1. The Balaban J connectivity index is 1.43. The van der Waals surface area contributed by atoms with Crippen LogP contribution in [-0.4, -0.2) is 47.6 Å². The highest BCUT2D eigenvalue weighted by Crippen LogP contribution is 2.50. The van der Waals surface area contributed by atoms with E-state index in [1.807, 2.05) is 24.3 Å². The highest BCUT2D eigenvalue weighted by Gasteiger charge is 2.50. The lowest BCUT2D eigenvalue weighted by molar-refractivity contribution is -0.0318. The Morgan fingerprint density at radius 2 is 1.93 bits per heavy atom. The molecule has 0 amide bonds. The van der Waals surface area contributed by atoms with Crippen molar-refractivity contribution >= 4 is 5.97 Å². The SMILES string of the molecule is O=C(O[C@H]1[C@H]2c3cc4c(cc3CN3CCC(=C[C@@H]1O)[C@H]23)OCO4)c1ccccc1.